The summed E-state index contributed by atoms with van der Waals surface area (Å²) < 4.78 is 0. The van der Waals surface area contributed by atoms with E-state index >= 15 is 0 Å². The zero-order valence-electron chi connectivity index (χ0n) is 12.0. The highest BCUT2D eigenvalue weighted by Crippen LogP contribution is 2.31. The number of halogens is 2. The second-order valence-corrected chi connectivity index (χ2v) is 6.39. The summed E-state index contributed by atoms with van der Waals surface area (Å²) in [7, 11) is 0. The van der Waals surface area contributed by atoms with Gasteiger partial charge in [0.25, 0.3) is 0 Å². The molecule has 0 aliphatic carbocycles. The van der Waals surface area contributed by atoms with E-state index in [-0.39, 0.29) is 0 Å². The summed E-state index contributed by atoms with van der Waals surface area (Å²) >= 11 is 12.3. The fourth-order valence-electron chi connectivity index (χ4n) is 2.28. The summed E-state index contributed by atoms with van der Waals surface area (Å²) in [6.07, 6.45) is 0.648. The Morgan fingerprint density at radius 1 is 1.05 bits per heavy atom. The summed E-state index contributed by atoms with van der Waals surface area (Å²) in [5, 5.41) is 1.16. The van der Waals surface area contributed by atoms with Crippen molar-refractivity contribution in [1.29, 1.82) is 0 Å². The molecule has 0 aliphatic rings. The van der Waals surface area contributed by atoms with Crippen LogP contribution in [0.2, 0.25) is 10.0 Å². The van der Waals surface area contributed by atoms with Gasteiger partial charge < -0.3 is 5.73 Å². The van der Waals surface area contributed by atoms with Gasteiger partial charge in [0, 0.05) is 5.54 Å². The minimum absolute atomic E-state index is 0.479. The van der Waals surface area contributed by atoms with Crippen LogP contribution in [-0.4, -0.2) is 0 Å². The van der Waals surface area contributed by atoms with E-state index in [1.54, 1.807) is 6.07 Å². The third kappa shape index (κ3) is 3.17. The fourth-order valence-corrected chi connectivity index (χ4v) is 2.67. The number of rotatable bonds is 3. The van der Waals surface area contributed by atoms with Gasteiger partial charge in [0.2, 0.25) is 0 Å². The first-order chi connectivity index (χ1) is 9.31. The van der Waals surface area contributed by atoms with Crippen LogP contribution in [0.4, 0.5) is 0 Å². The van der Waals surface area contributed by atoms with Crippen molar-refractivity contribution in [2.24, 2.45) is 5.73 Å². The molecule has 2 aromatic rings. The summed E-state index contributed by atoms with van der Waals surface area (Å²) in [4.78, 5) is 0. The van der Waals surface area contributed by atoms with Crippen LogP contribution in [0.5, 0.6) is 0 Å². The molecule has 1 atom stereocenters. The first kappa shape index (κ1) is 15.4. The average molecular weight is 308 g/mol. The number of nitrogens with two attached hydrogens (primary N) is 1. The summed E-state index contributed by atoms with van der Waals surface area (Å²) in [6, 6.07) is 12.0. The van der Waals surface area contributed by atoms with Crippen molar-refractivity contribution < 1.29 is 0 Å². The van der Waals surface area contributed by atoms with E-state index in [2.05, 4.69) is 32.0 Å². The molecule has 1 nitrogen and oxygen atoms in total. The van der Waals surface area contributed by atoms with E-state index in [0.717, 1.165) is 11.1 Å². The number of benzene rings is 2. The van der Waals surface area contributed by atoms with Crippen LogP contribution in [0.3, 0.4) is 0 Å². The van der Waals surface area contributed by atoms with Gasteiger partial charge in [-0.1, -0.05) is 53.5 Å². The van der Waals surface area contributed by atoms with Gasteiger partial charge in [0.1, 0.15) is 0 Å². The Balaban J connectivity index is 2.35. The molecule has 3 heteroatoms. The van der Waals surface area contributed by atoms with E-state index in [4.69, 9.17) is 28.9 Å². The topological polar surface area (TPSA) is 26.0 Å². The van der Waals surface area contributed by atoms with Crippen molar-refractivity contribution in [2.75, 3.05) is 0 Å². The highest BCUT2D eigenvalue weighted by molar-refractivity contribution is 6.42. The van der Waals surface area contributed by atoms with Gasteiger partial charge in [0.05, 0.1) is 10.0 Å². The maximum absolute atomic E-state index is 6.51. The lowest BCUT2D eigenvalue weighted by Gasteiger charge is -2.27. The minimum atomic E-state index is -0.479. The lowest BCUT2D eigenvalue weighted by atomic mass is 9.85. The molecule has 0 amide bonds. The maximum Gasteiger partial charge on any atom is 0.0625 e. The lowest BCUT2D eigenvalue weighted by Crippen LogP contribution is -2.35. The molecule has 0 saturated carbocycles. The molecule has 0 aromatic heterocycles. The Morgan fingerprint density at radius 3 is 2.40 bits per heavy atom. The van der Waals surface area contributed by atoms with Crippen molar-refractivity contribution in [1.82, 2.24) is 0 Å². The largest absolute Gasteiger partial charge is 0.321 e. The van der Waals surface area contributed by atoms with Crippen LogP contribution in [0, 0.1) is 13.8 Å². The third-order valence-electron chi connectivity index (χ3n) is 3.76. The SMILES string of the molecule is Cc1ccc(C(C)(N)Cc2cccc(Cl)c2Cl)cc1C. The Bertz CT molecular complexity index is 633. The van der Waals surface area contributed by atoms with E-state index < -0.39 is 5.54 Å². The Kier molecular flexibility index (Phi) is 4.43. The molecular weight excluding hydrogens is 289 g/mol. The highest BCUT2D eigenvalue weighted by atomic mass is 35.5. The maximum atomic E-state index is 6.51. The molecular formula is C17H19Cl2N. The van der Waals surface area contributed by atoms with Gasteiger partial charge in [-0.25, -0.2) is 0 Å². The van der Waals surface area contributed by atoms with Crippen molar-refractivity contribution in [3.63, 3.8) is 0 Å². The highest BCUT2D eigenvalue weighted by Gasteiger charge is 2.23. The van der Waals surface area contributed by atoms with Gasteiger partial charge in [-0.2, -0.15) is 0 Å². The molecule has 2 aromatic carbocycles. The van der Waals surface area contributed by atoms with Crippen LogP contribution >= 0.6 is 23.2 Å². The molecule has 106 valence electrons. The van der Waals surface area contributed by atoms with Crippen molar-refractivity contribution in [3.8, 4) is 0 Å². The van der Waals surface area contributed by atoms with Crippen LogP contribution in [0.25, 0.3) is 0 Å². The second-order valence-electron chi connectivity index (χ2n) is 5.61. The molecule has 0 spiro atoms. The predicted octanol–water partition coefficient (Wildman–Crippen LogP) is 5.03. The molecule has 0 bridgehead atoms. The molecule has 0 radical (unpaired) electrons. The van der Waals surface area contributed by atoms with Gasteiger partial charge in [-0.3, -0.25) is 0 Å². The van der Waals surface area contributed by atoms with E-state index in [1.165, 1.54) is 11.1 Å². The van der Waals surface area contributed by atoms with Crippen molar-refractivity contribution in [2.45, 2.75) is 32.7 Å². The summed E-state index contributed by atoms with van der Waals surface area (Å²) in [5.74, 6) is 0. The molecule has 0 heterocycles. The standard InChI is InChI=1S/C17H19Cl2N/c1-11-7-8-14(9-12(11)2)17(3,20)10-13-5-4-6-15(18)16(13)19/h4-9H,10,20H2,1-3H3. The van der Waals surface area contributed by atoms with Crippen LogP contribution in [0.15, 0.2) is 36.4 Å². The van der Waals surface area contributed by atoms with Crippen LogP contribution in [0.1, 0.15) is 29.2 Å². The summed E-state index contributed by atoms with van der Waals surface area (Å²) in [5.41, 5.74) is 10.6. The number of hydrogen-bond donors (Lipinski definition) is 1. The molecule has 2 rings (SSSR count). The molecule has 0 saturated heterocycles. The van der Waals surface area contributed by atoms with E-state index in [1.807, 2.05) is 19.1 Å². The Morgan fingerprint density at radius 2 is 1.75 bits per heavy atom. The normalized spacial score (nSPS) is 14.1. The van der Waals surface area contributed by atoms with Crippen molar-refractivity contribution in [3.05, 3.63) is 68.7 Å². The molecule has 20 heavy (non-hydrogen) atoms. The molecule has 0 aliphatic heterocycles. The quantitative estimate of drug-likeness (QED) is 0.846. The third-order valence-corrected chi connectivity index (χ3v) is 4.61. The summed E-state index contributed by atoms with van der Waals surface area (Å²) in [6.45, 7) is 6.22. The minimum Gasteiger partial charge on any atom is -0.321 e. The smallest absolute Gasteiger partial charge is 0.0625 e. The first-order valence-corrected chi connectivity index (χ1v) is 7.36. The molecule has 2 N–H and O–H groups in total. The monoisotopic (exact) mass is 307 g/mol. The lowest BCUT2D eigenvalue weighted by molar-refractivity contribution is 0.491. The average Bonchev–Trinajstić information content (AvgIpc) is 2.38. The van der Waals surface area contributed by atoms with Crippen molar-refractivity contribution >= 4 is 23.2 Å². The molecule has 0 fully saturated rings. The second kappa shape index (κ2) is 5.77. The van der Waals surface area contributed by atoms with Gasteiger partial charge in [-0.15, -0.1) is 0 Å². The first-order valence-electron chi connectivity index (χ1n) is 6.61. The van der Waals surface area contributed by atoms with E-state index in [9.17, 15) is 0 Å². The number of aryl methyl sites for hydroxylation is 2. The zero-order valence-corrected chi connectivity index (χ0v) is 13.5. The number of hydrogen-bond acceptors (Lipinski definition) is 1. The zero-order chi connectivity index (χ0) is 14.9. The van der Waals surface area contributed by atoms with Crippen LogP contribution in [-0.2, 0) is 12.0 Å². The van der Waals surface area contributed by atoms with Gasteiger partial charge >= 0.3 is 0 Å². The Labute approximate surface area is 130 Å². The van der Waals surface area contributed by atoms with Gasteiger partial charge in [-0.05, 0) is 55.5 Å². The molecule has 1 unspecified atom stereocenters. The van der Waals surface area contributed by atoms with E-state index in [0.29, 0.717) is 16.5 Å². The fraction of sp³-hybridized carbons (Fsp3) is 0.294. The van der Waals surface area contributed by atoms with Crippen LogP contribution < -0.4 is 5.73 Å². The predicted molar refractivity (Wildman–Crippen MR) is 87.6 cm³/mol. The van der Waals surface area contributed by atoms with Gasteiger partial charge in [0.15, 0.2) is 0 Å². The Hall–Kier alpha value is -1.02.